The number of hydrogen-bond donors (Lipinski definition) is 0. The van der Waals surface area contributed by atoms with Crippen LogP contribution in [0.15, 0.2) is 84.9 Å². The van der Waals surface area contributed by atoms with Crippen molar-refractivity contribution in [2.24, 2.45) is 5.92 Å². The van der Waals surface area contributed by atoms with E-state index >= 15 is 0 Å². The molecule has 1 aliphatic carbocycles. The Morgan fingerprint density at radius 1 is 0.786 bits per heavy atom. The molecule has 144 valence electrons. The minimum absolute atomic E-state index is 0.172. The molecule has 3 aromatic carbocycles. The molecule has 1 nitrogen and oxygen atoms in total. The van der Waals surface area contributed by atoms with Crippen LogP contribution >= 0.6 is 7.92 Å². The normalized spacial score (nSPS) is 20.4. The molecule has 0 saturated heterocycles. The minimum Gasteiger partial charge on any atom is -0.376 e. The van der Waals surface area contributed by atoms with Gasteiger partial charge in [-0.05, 0) is 61.0 Å². The maximum absolute atomic E-state index is 6.16. The van der Waals surface area contributed by atoms with Gasteiger partial charge in [-0.15, -0.1) is 0 Å². The summed E-state index contributed by atoms with van der Waals surface area (Å²) in [5.74, 6) is 0.553. The Hall–Kier alpha value is -1.95. The zero-order chi connectivity index (χ0) is 19.3. The van der Waals surface area contributed by atoms with E-state index in [4.69, 9.17) is 4.74 Å². The predicted octanol–water partition coefficient (Wildman–Crippen LogP) is 5.98. The molecular weight excluding hydrogens is 359 g/mol. The quantitative estimate of drug-likeness (QED) is 0.472. The number of aryl methyl sites for hydroxylation is 1. The molecule has 2 unspecified atom stereocenters. The lowest BCUT2D eigenvalue weighted by Gasteiger charge is -2.35. The van der Waals surface area contributed by atoms with Gasteiger partial charge in [-0.3, -0.25) is 0 Å². The van der Waals surface area contributed by atoms with Gasteiger partial charge in [0, 0.05) is 7.11 Å². The number of benzene rings is 3. The van der Waals surface area contributed by atoms with E-state index in [1.54, 1.807) is 0 Å². The van der Waals surface area contributed by atoms with Gasteiger partial charge in [0.2, 0.25) is 0 Å². The van der Waals surface area contributed by atoms with Crippen molar-refractivity contribution in [1.29, 1.82) is 0 Å². The molecule has 0 N–H and O–H groups in total. The van der Waals surface area contributed by atoms with Gasteiger partial charge in [0.15, 0.2) is 0 Å². The third-order valence-corrected chi connectivity index (χ3v) is 9.08. The Morgan fingerprint density at radius 3 is 1.93 bits per heavy atom. The highest BCUT2D eigenvalue weighted by molar-refractivity contribution is 7.73. The van der Waals surface area contributed by atoms with Crippen LogP contribution in [0.4, 0.5) is 0 Å². The molecule has 1 saturated carbocycles. The highest BCUT2D eigenvalue weighted by atomic mass is 31.1. The fourth-order valence-corrected chi connectivity index (χ4v) is 7.97. The Morgan fingerprint density at radius 2 is 1.36 bits per heavy atom. The van der Waals surface area contributed by atoms with Crippen molar-refractivity contribution < 1.29 is 4.74 Å². The molecule has 0 spiro atoms. The van der Waals surface area contributed by atoms with Gasteiger partial charge < -0.3 is 4.74 Å². The van der Waals surface area contributed by atoms with Gasteiger partial charge in [0.1, 0.15) is 0 Å². The van der Waals surface area contributed by atoms with E-state index in [0.29, 0.717) is 11.6 Å². The average molecular weight is 388 g/mol. The summed E-state index contributed by atoms with van der Waals surface area (Å²) >= 11 is 0. The average Bonchev–Trinajstić information content (AvgIpc) is 3.21. The molecule has 3 atom stereocenters. The molecular formula is C26H29OP. The molecule has 4 rings (SSSR count). The SMILES string of the molecule is CO[C@@H](c1ccccc1C)C1CCCC1P(c1ccccc1)c1ccccc1. The summed E-state index contributed by atoms with van der Waals surface area (Å²) in [6.45, 7) is 2.21. The first-order valence-electron chi connectivity index (χ1n) is 10.3. The van der Waals surface area contributed by atoms with E-state index in [1.807, 2.05) is 7.11 Å². The van der Waals surface area contributed by atoms with E-state index < -0.39 is 7.92 Å². The van der Waals surface area contributed by atoms with Crippen LogP contribution in [0.25, 0.3) is 0 Å². The van der Waals surface area contributed by atoms with E-state index in [-0.39, 0.29) is 6.10 Å². The smallest absolute Gasteiger partial charge is 0.0858 e. The highest BCUT2D eigenvalue weighted by Gasteiger charge is 2.40. The topological polar surface area (TPSA) is 9.23 Å². The van der Waals surface area contributed by atoms with Crippen LogP contribution in [0.5, 0.6) is 0 Å². The van der Waals surface area contributed by atoms with Crippen molar-refractivity contribution in [3.8, 4) is 0 Å². The molecule has 0 radical (unpaired) electrons. The van der Waals surface area contributed by atoms with Crippen molar-refractivity contribution in [3.63, 3.8) is 0 Å². The first kappa shape index (κ1) is 19.4. The monoisotopic (exact) mass is 388 g/mol. The number of ether oxygens (including phenoxy) is 1. The fraction of sp³-hybridized carbons (Fsp3) is 0.308. The van der Waals surface area contributed by atoms with E-state index in [1.165, 1.54) is 41.0 Å². The summed E-state index contributed by atoms with van der Waals surface area (Å²) in [6.07, 6.45) is 3.99. The van der Waals surface area contributed by atoms with Gasteiger partial charge in [0.25, 0.3) is 0 Å². The highest BCUT2D eigenvalue weighted by Crippen LogP contribution is 2.54. The van der Waals surface area contributed by atoms with E-state index in [2.05, 4.69) is 91.9 Å². The summed E-state index contributed by atoms with van der Waals surface area (Å²) in [4.78, 5) is 0. The molecule has 0 heterocycles. The van der Waals surface area contributed by atoms with Gasteiger partial charge in [-0.25, -0.2) is 0 Å². The van der Waals surface area contributed by atoms with Crippen LogP contribution in [0.1, 0.15) is 36.5 Å². The van der Waals surface area contributed by atoms with Crippen molar-refractivity contribution in [3.05, 3.63) is 96.1 Å². The Balaban J connectivity index is 1.74. The van der Waals surface area contributed by atoms with Crippen molar-refractivity contribution in [1.82, 2.24) is 0 Å². The van der Waals surface area contributed by atoms with E-state index in [0.717, 1.165) is 0 Å². The van der Waals surface area contributed by atoms with Crippen LogP contribution in [0.3, 0.4) is 0 Å². The summed E-state index contributed by atoms with van der Waals surface area (Å²) in [6, 6.07) is 31.0. The lowest BCUT2D eigenvalue weighted by atomic mass is 9.91. The standard InChI is InChI=1S/C26H29OP/c1-20-12-9-10-17-23(20)26(27-2)24-18-11-19-25(24)28(21-13-5-3-6-14-21)22-15-7-4-8-16-22/h3-10,12-17,24-26H,11,18-19H2,1-2H3/t24?,25?,26-/m0/s1. The Kier molecular flexibility index (Phi) is 6.25. The third-order valence-electron chi connectivity index (χ3n) is 6.07. The van der Waals surface area contributed by atoms with Gasteiger partial charge in [0.05, 0.1) is 6.10 Å². The summed E-state index contributed by atoms with van der Waals surface area (Å²) in [7, 11) is 1.48. The van der Waals surface area contributed by atoms with Crippen LogP contribution in [-0.2, 0) is 4.74 Å². The van der Waals surface area contributed by atoms with Gasteiger partial charge >= 0.3 is 0 Å². The van der Waals surface area contributed by atoms with E-state index in [9.17, 15) is 0 Å². The maximum atomic E-state index is 6.16. The summed E-state index contributed by atoms with van der Waals surface area (Å²) in [5.41, 5.74) is 3.34. The molecule has 1 fully saturated rings. The zero-order valence-corrected chi connectivity index (χ0v) is 17.7. The predicted molar refractivity (Wildman–Crippen MR) is 121 cm³/mol. The zero-order valence-electron chi connectivity index (χ0n) is 16.8. The Labute approximate surface area is 170 Å². The minimum atomic E-state index is -0.409. The van der Waals surface area contributed by atoms with Crippen molar-refractivity contribution >= 4 is 18.5 Å². The lowest BCUT2D eigenvalue weighted by molar-refractivity contribution is 0.0546. The van der Waals surface area contributed by atoms with Crippen LogP contribution in [0.2, 0.25) is 0 Å². The largest absolute Gasteiger partial charge is 0.376 e. The van der Waals surface area contributed by atoms with Gasteiger partial charge in [-0.2, -0.15) is 0 Å². The van der Waals surface area contributed by atoms with Crippen LogP contribution in [0, 0.1) is 12.8 Å². The molecule has 1 aliphatic rings. The van der Waals surface area contributed by atoms with Crippen molar-refractivity contribution in [2.75, 3.05) is 7.11 Å². The Bertz CT molecular complexity index is 838. The molecule has 0 bridgehead atoms. The lowest BCUT2D eigenvalue weighted by Crippen LogP contribution is -2.29. The van der Waals surface area contributed by atoms with Gasteiger partial charge in [-0.1, -0.05) is 91.3 Å². The van der Waals surface area contributed by atoms with Crippen LogP contribution in [-0.4, -0.2) is 12.8 Å². The van der Waals surface area contributed by atoms with Crippen molar-refractivity contribution in [2.45, 2.75) is 37.9 Å². The maximum Gasteiger partial charge on any atom is 0.0858 e. The molecule has 3 aromatic rings. The molecule has 0 aliphatic heterocycles. The second-order valence-corrected chi connectivity index (χ2v) is 10.2. The van der Waals surface area contributed by atoms with Crippen LogP contribution < -0.4 is 10.6 Å². The number of methoxy groups -OCH3 is 1. The first-order valence-corrected chi connectivity index (χ1v) is 11.7. The number of hydrogen-bond acceptors (Lipinski definition) is 1. The fourth-order valence-electron chi connectivity index (χ4n) is 4.79. The third kappa shape index (κ3) is 3.93. The molecule has 2 heteroatoms. The summed E-state index contributed by atoms with van der Waals surface area (Å²) < 4.78 is 6.16. The number of rotatable bonds is 6. The first-order chi connectivity index (χ1) is 13.8. The molecule has 28 heavy (non-hydrogen) atoms. The summed E-state index contributed by atoms with van der Waals surface area (Å²) in [5, 5.41) is 2.97. The molecule has 0 aromatic heterocycles. The second-order valence-electron chi connectivity index (χ2n) is 7.72. The second kappa shape index (κ2) is 9.03. The molecule has 0 amide bonds.